The van der Waals surface area contributed by atoms with Crippen molar-refractivity contribution in [3.05, 3.63) is 72.3 Å². The highest BCUT2D eigenvalue weighted by atomic mass is 19.1. The maximum Gasteiger partial charge on any atom is 0.145 e. The van der Waals surface area contributed by atoms with Crippen LogP contribution in [0.1, 0.15) is 37.8 Å². The quantitative estimate of drug-likeness (QED) is 0.413. The van der Waals surface area contributed by atoms with Crippen molar-refractivity contribution in [3.63, 3.8) is 0 Å². The molecule has 0 atom stereocenters. The highest BCUT2D eigenvalue weighted by molar-refractivity contribution is 5.95. The highest BCUT2D eigenvalue weighted by Gasteiger charge is 2.21. The van der Waals surface area contributed by atoms with Gasteiger partial charge in [-0.2, -0.15) is 0 Å². The van der Waals surface area contributed by atoms with Gasteiger partial charge in [-0.15, -0.1) is 0 Å². The van der Waals surface area contributed by atoms with Crippen molar-refractivity contribution in [1.82, 2.24) is 9.38 Å². The van der Waals surface area contributed by atoms with Crippen LogP contribution in [0.25, 0.3) is 27.7 Å². The minimum atomic E-state index is -0.207. The average molecular weight is 358 g/mol. The van der Waals surface area contributed by atoms with E-state index in [4.69, 9.17) is 4.98 Å². The van der Waals surface area contributed by atoms with Crippen molar-refractivity contribution < 1.29 is 4.39 Å². The van der Waals surface area contributed by atoms with Crippen LogP contribution in [0.2, 0.25) is 0 Å². The second-order valence-electron chi connectivity index (χ2n) is 7.72. The van der Waals surface area contributed by atoms with E-state index in [2.05, 4.69) is 40.9 Å². The molecule has 2 heterocycles. The summed E-state index contributed by atoms with van der Waals surface area (Å²) >= 11 is 0. The number of aromatic nitrogens is 2. The summed E-state index contributed by atoms with van der Waals surface area (Å²) in [6.07, 6.45) is 9.79. The number of hydrogen-bond acceptors (Lipinski definition) is 1. The third-order valence-electron chi connectivity index (χ3n) is 5.94. The molecule has 0 bridgehead atoms. The second-order valence-corrected chi connectivity index (χ2v) is 7.72. The first kappa shape index (κ1) is 16.5. The Hall–Kier alpha value is -2.68. The molecule has 0 saturated heterocycles. The first-order valence-corrected chi connectivity index (χ1v) is 9.94. The number of nitrogens with zero attached hydrogens (tertiary/aromatic N) is 2. The molecule has 2 aromatic heterocycles. The van der Waals surface area contributed by atoms with Crippen molar-refractivity contribution in [3.8, 4) is 11.3 Å². The largest absolute Gasteiger partial charge is 0.303 e. The SMILES string of the molecule is Fc1ccc(-c2nc3c4ccccc4ccn3c2CC2CCCCC2)cc1. The lowest BCUT2D eigenvalue weighted by atomic mass is 9.85. The Labute approximate surface area is 158 Å². The van der Waals surface area contributed by atoms with Gasteiger partial charge in [0.15, 0.2) is 0 Å². The molecule has 0 radical (unpaired) electrons. The van der Waals surface area contributed by atoms with E-state index >= 15 is 0 Å². The number of fused-ring (bicyclic) bond motifs is 3. The van der Waals surface area contributed by atoms with E-state index < -0.39 is 0 Å². The molecule has 136 valence electrons. The Bertz CT molecular complexity index is 1090. The summed E-state index contributed by atoms with van der Waals surface area (Å²) in [5.74, 6) is 0.506. The fraction of sp³-hybridized carbons (Fsp3) is 0.292. The molecule has 3 heteroatoms. The molecule has 27 heavy (non-hydrogen) atoms. The fourth-order valence-corrected chi connectivity index (χ4v) is 4.52. The topological polar surface area (TPSA) is 17.3 Å². The van der Waals surface area contributed by atoms with Gasteiger partial charge in [0.25, 0.3) is 0 Å². The summed E-state index contributed by atoms with van der Waals surface area (Å²) in [6.45, 7) is 0. The lowest BCUT2D eigenvalue weighted by molar-refractivity contribution is 0.354. The molecule has 1 fully saturated rings. The molecule has 0 aliphatic heterocycles. The zero-order valence-corrected chi connectivity index (χ0v) is 15.4. The third-order valence-corrected chi connectivity index (χ3v) is 5.94. The van der Waals surface area contributed by atoms with Gasteiger partial charge in [-0.3, -0.25) is 0 Å². The van der Waals surface area contributed by atoms with Crippen molar-refractivity contribution in [1.29, 1.82) is 0 Å². The molecule has 5 rings (SSSR count). The third kappa shape index (κ3) is 3.01. The van der Waals surface area contributed by atoms with Gasteiger partial charge in [0.2, 0.25) is 0 Å². The summed E-state index contributed by atoms with van der Waals surface area (Å²) in [7, 11) is 0. The van der Waals surface area contributed by atoms with E-state index in [0.29, 0.717) is 5.92 Å². The Morgan fingerprint density at radius 1 is 0.926 bits per heavy atom. The zero-order chi connectivity index (χ0) is 18.2. The molecular formula is C24H23FN2. The van der Waals surface area contributed by atoms with E-state index in [1.54, 1.807) is 0 Å². The Kier molecular flexibility index (Phi) is 4.16. The highest BCUT2D eigenvalue weighted by Crippen LogP contribution is 2.33. The van der Waals surface area contributed by atoms with E-state index in [0.717, 1.165) is 23.3 Å². The molecule has 2 aromatic carbocycles. The van der Waals surface area contributed by atoms with Gasteiger partial charge in [0, 0.05) is 17.1 Å². The Morgan fingerprint density at radius 2 is 1.70 bits per heavy atom. The molecule has 1 aliphatic carbocycles. The van der Waals surface area contributed by atoms with Crippen LogP contribution in [-0.4, -0.2) is 9.38 Å². The number of pyridine rings is 1. The predicted molar refractivity (Wildman–Crippen MR) is 108 cm³/mol. The van der Waals surface area contributed by atoms with E-state index in [9.17, 15) is 4.39 Å². The van der Waals surface area contributed by atoms with Crippen LogP contribution >= 0.6 is 0 Å². The maximum atomic E-state index is 13.5. The molecule has 1 aliphatic rings. The smallest absolute Gasteiger partial charge is 0.145 e. The summed E-state index contributed by atoms with van der Waals surface area (Å²) in [6, 6.07) is 17.3. The van der Waals surface area contributed by atoms with Gasteiger partial charge in [0.05, 0.1) is 11.4 Å². The molecular weight excluding hydrogens is 335 g/mol. The van der Waals surface area contributed by atoms with E-state index in [-0.39, 0.29) is 5.82 Å². The van der Waals surface area contributed by atoms with Crippen LogP contribution in [0.3, 0.4) is 0 Å². The van der Waals surface area contributed by atoms with Crippen LogP contribution in [0, 0.1) is 11.7 Å². The number of hydrogen-bond donors (Lipinski definition) is 0. The second kappa shape index (κ2) is 6.80. The van der Waals surface area contributed by atoms with Gasteiger partial charge < -0.3 is 4.40 Å². The summed E-state index contributed by atoms with van der Waals surface area (Å²) in [5, 5.41) is 2.36. The van der Waals surface area contributed by atoms with Crippen molar-refractivity contribution >= 4 is 16.4 Å². The van der Waals surface area contributed by atoms with E-state index in [1.807, 2.05) is 12.1 Å². The fourth-order valence-electron chi connectivity index (χ4n) is 4.52. The maximum absolute atomic E-state index is 13.5. The number of imidazole rings is 1. The lowest BCUT2D eigenvalue weighted by Gasteiger charge is -2.21. The van der Waals surface area contributed by atoms with Crippen LogP contribution in [0.5, 0.6) is 0 Å². The van der Waals surface area contributed by atoms with Crippen LogP contribution in [-0.2, 0) is 6.42 Å². The molecule has 0 N–H and O–H groups in total. The average Bonchev–Trinajstić information content (AvgIpc) is 3.08. The van der Waals surface area contributed by atoms with Gasteiger partial charge >= 0.3 is 0 Å². The first-order chi connectivity index (χ1) is 13.3. The summed E-state index contributed by atoms with van der Waals surface area (Å²) in [4.78, 5) is 5.05. The normalized spacial score (nSPS) is 15.6. The van der Waals surface area contributed by atoms with Gasteiger partial charge in [-0.05, 0) is 48.1 Å². The number of rotatable bonds is 3. The minimum Gasteiger partial charge on any atom is -0.303 e. The first-order valence-electron chi connectivity index (χ1n) is 9.94. The molecule has 0 unspecified atom stereocenters. The van der Waals surface area contributed by atoms with Crippen LogP contribution in [0.4, 0.5) is 4.39 Å². The predicted octanol–water partition coefficient (Wildman–Crippen LogP) is 6.42. The van der Waals surface area contributed by atoms with Crippen molar-refractivity contribution in [2.24, 2.45) is 5.92 Å². The standard InChI is InChI=1S/C24H23FN2/c25-20-12-10-19(11-13-20)23-22(16-17-6-2-1-3-7-17)27-15-14-18-8-4-5-9-21(18)24(27)26-23/h4-5,8-15,17H,1-3,6-7,16H2. The summed E-state index contributed by atoms with van der Waals surface area (Å²) in [5.41, 5.74) is 4.25. The van der Waals surface area contributed by atoms with Crippen molar-refractivity contribution in [2.45, 2.75) is 38.5 Å². The molecule has 2 nitrogen and oxygen atoms in total. The Morgan fingerprint density at radius 3 is 2.52 bits per heavy atom. The minimum absolute atomic E-state index is 0.207. The molecule has 0 amide bonds. The Balaban J connectivity index is 1.71. The van der Waals surface area contributed by atoms with Crippen molar-refractivity contribution in [2.75, 3.05) is 0 Å². The lowest BCUT2D eigenvalue weighted by Crippen LogP contribution is -2.11. The van der Waals surface area contributed by atoms with Crippen LogP contribution in [0.15, 0.2) is 60.8 Å². The van der Waals surface area contributed by atoms with E-state index in [1.165, 1.54) is 60.7 Å². The summed E-state index contributed by atoms with van der Waals surface area (Å²) < 4.78 is 15.7. The molecule has 1 saturated carbocycles. The van der Waals surface area contributed by atoms with Gasteiger partial charge in [-0.25, -0.2) is 9.37 Å². The number of benzene rings is 2. The molecule has 4 aromatic rings. The monoisotopic (exact) mass is 358 g/mol. The zero-order valence-electron chi connectivity index (χ0n) is 15.4. The number of halogens is 1. The molecule has 0 spiro atoms. The van der Waals surface area contributed by atoms with Crippen LogP contribution < -0.4 is 0 Å². The van der Waals surface area contributed by atoms with Gasteiger partial charge in [-0.1, -0.05) is 56.4 Å². The van der Waals surface area contributed by atoms with Gasteiger partial charge in [0.1, 0.15) is 11.5 Å².